The maximum absolute atomic E-state index is 6.39. The first-order valence-electron chi connectivity index (χ1n) is 15.6. The Balaban J connectivity index is 1.15. The first-order valence-corrected chi connectivity index (χ1v) is 18.9. The third-order valence-electron chi connectivity index (χ3n) is 8.29. The summed E-state index contributed by atoms with van der Waals surface area (Å²) in [5.74, 6) is 5.91. The van der Waals surface area contributed by atoms with Crippen LogP contribution in [0, 0.1) is 0 Å². The molecule has 4 aromatic heterocycles. The maximum atomic E-state index is 6.39. The Labute approximate surface area is 291 Å². The Morgan fingerprint density at radius 2 is 0.479 bits per heavy atom. The van der Waals surface area contributed by atoms with Gasteiger partial charge in [-0.2, -0.15) is 0 Å². The molecule has 0 saturated carbocycles. The molecule has 0 fully saturated rings. The number of rotatable bonds is 5. The number of hydrogen-bond donors (Lipinski definition) is 0. The zero-order chi connectivity index (χ0) is 31.6. The highest BCUT2D eigenvalue weighted by Gasteiger charge is 2.38. The molecule has 4 aliphatic rings. The van der Waals surface area contributed by atoms with Crippen molar-refractivity contribution in [1.29, 1.82) is 0 Å². The Bertz CT molecular complexity index is 2010. The number of hydrogen-bond acceptors (Lipinski definition) is 12. The van der Waals surface area contributed by atoms with Gasteiger partial charge in [0.05, 0.1) is 39.0 Å². The van der Waals surface area contributed by atoms with Crippen molar-refractivity contribution >= 4 is 45.3 Å². The third-order valence-corrected chi connectivity index (χ3v) is 13.5. The normalized spacial score (nSPS) is 15.8. The summed E-state index contributed by atoms with van der Waals surface area (Å²) in [6.45, 7) is 3.80. The molecule has 0 atom stereocenters. The third kappa shape index (κ3) is 4.50. The van der Waals surface area contributed by atoms with E-state index in [4.69, 9.17) is 37.9 Å². The maximum Gasteiger partial charge on any atom is 0.181 e. The zero-order valence-electron chi connectivity index (χ0n) is 25.3. The van der Waals surface area contributed by atoms with Gasteiger partial charge in [-0.1, -0.05) is 60.7 Å². The lowest BCUT2D eigenvalue weighted by atomic mass is 10.1. The van der Waals surface area contributed by atoms with Crippen LogP contribution in [-0.4, -0.2) is 52.9 Å². The van der Waals surface area contributed by atoms with Gasteiger partial charge in [-0.3, -0.25) is 0 Å². The lowest BCUT2D eigenvalue weighted by Gasteiger charge is -2.19. The molecule has 12 heteroatoms. The van der Waals surface area contributed by atoms with Crippen LogP contribution in [-0.2, 0) is 0 Å². The molecule has 0 saturated heterocycles. The molecule has 0 amide bonds. The highest BCUT2D eigenvalue weighted by Crippen LogP contribution is 2.66. The molecule has 4 aliphatic heterocycles. The first-order chi connectivity index (χ1) is 23.8. The van der Waals surface area contributed by atoms with E-state index in [0.717, 1.165) is 84.6 Å². The van der Waals surface area contributed by atoms with Crippen molar-refractivity contribution < 1.29 is 37.9 Å². The van der Waals surface area contributed by atoms with Gasteiger partial charge in [-0.05, 0) is 11.1 Å². The molecule has 242 valence electrons. The quantitative estimate of drug-likeness (QED) is 0.175. The van der Waals surface area contributed by atoms with Gasteiger partial charge in [0.15, 0.2) is 46.0 Å². The molecular formula is C36H26O8S4. The van der Waals surface area contributed by atoms with Gasteiger partial charge in [0.2, 0.25) is 0 Å². The number of fused-ring (bicyclic) bond motifs is 4. The molecule has 0 bridgehead atoms. The lowest BCUT2D eigenvalue weighted by molar-refractivity contribution is 0.171. The van der Waals surface area contributed by atoms with Crippen molar-refractivity contribution in [3.05, 3.63) is 60.7 Å². The second kappa shape index (κ2) is 11.7. The van der Waals surface area contributed by atoms with Crippen LogP contribution in [0.1, 0.15) is 0 Å². The van der Waals surface area contributed by atoms with Crippen LogP contribution in [0.5, 0.6) is 46.0 Å². The lowest BCUT2D eigenvalue weighted by Crippen LogP contribution is -2.16. The van der Waals surface area contributed by atoms with Crippen LogP contribution in [0.3, 0.4) is 0 Å². The van der Waals surface area contributed by atoms with Crippen LogP contribution in [0.15, 0.2) is 60.7 Å². The summed E-state index contributed by atoms with van der Waals surface area (Å²) >= 11 is 6.55. The van der Waals surface area contributed by atoms with Gasteiger partial charge >= 0.3 is 0 Å². The summed E-state index contributed by atoms with van der Waals surface area (Å²) in [5.41, 5.74) is 2.17. The van der Waals surface area contributed by atoms with E-state index < -0.39 is 0 Å². The van der Waals surface area contributed by atoms with E-state index in [1.807, 2.05) is 36.4 Å². The van der Waals surface area contributed by atoms with Gasteiger partial charge in [-0.15, -0.1) is 45.3 Å². The minimum atomic E-state index is 0.454. The molecule has 8 heterocycles. The summed E-state index contributed by atoms with van der Waals surface area (Å²) in [5, 5.41) is 0. The average molecular weight is 715 g/mol. The summed E-state index contributed by atoms with van der Waals surface area (Å²) in [4.78, 5) is 7.77. The average Bonchev–Trinajstić information content (AvgIpc) is 3.93. The van der Waals surface area contributed by atoms with Crippen molar-refractivity contribution in [3.63, 3.8) is 0 Å². The molecule has 0 radical (unpaired) electrons. The molecule has 0 N–H and O–H groups in total. The molecule has 48 heavy (non-hydrogen) atoms. The molecule has 2 aromatic carbocycles. The van der Waals surface area contributed by atoms with Crippen molar-refractivity contribution in [2.45, 2.75) is 0 Å². The molecule has 0 unspecified atom stereocenters. The predicted molar refractivity (Wildman–Crippen MR) is 189 cm³/mol. The fraction of sp³-hybridized carbons (Fsp3) is 0.222. The Morgan fingerprint density at radius 1 is 0.271 bits per heavy atom. The standard InChI is InChI=1S/C36H26O8S4/c1-3-7-19(8-4-1)29-21-23(39-13-11-37-21)31(45-29)33-25-27(43-17-15-41-25)35(47-33)36-28-26(42-16-18-44-28)34(48-36)32-24-22(38-12-14-40-24)30(46-32)20-9-5-2-6-10-20/h1-10H,11-18H2. The van der Waals surface area contributed by atoms with Gasteiger partial charge in [0, 0.05) is 0 Å². The number of ether oxygens (including phenoxy) is 8. The van der Waals surface area contributed by atoms with Crippen LogP contribution >= 0.6 is 45.3 Å². The van der Waals surface area contributed by atoms with Gasteiger partial charge in [0.1, 0.15) is 52.9 Å². The summed E-state index contributed by atoms with van der Waals surface area (Å²) in [6, 6.07) is 20.6. The SMILES string of the molecule is c1ccc(-c2sc(-c3sc(-c4sc(-c5sc(-c6ccccc6)c6c5OCCO6)c5c4OCCO5)c4c3OCCO4)c3c2OCCO3)cc1. The van der Waals surface area contributed by atoms with E-state index in [1.54, 1.807) is 45.3 Å². The van der Waals surface area contributed by atoms with Gasteiger partial charge in [0.25, 0.3) is 0 Å². The van der Waals surface area contributed by atoms with E-state index in [2.05, 4.69) is 24.3 Å². The number of thiophene rings is 4. The fourth-order valence-corrected chi connectivity index (χ4v) is 11.4. The smallest absolute Gasteiger partial charge is 0.181 e. The summed E-state index contributed by atoms with van der Waals surface area (Å²) in [7, 11) is 0. The first kappa shape index (κ1) is 28.6. The van der Waals surface area contributed by atoms with E-state index in [-0.39, 0.29) is 0 Å². The van der Waals surface area contributed by atoms with E-state index >= 15 is 0 Å². The second-order valence-electron chi connectivity index (χ2n) is 11.2. The molecular weight excluding hydrogens is 689 g/mol. The summed E-state index contributed by atoms with van der Waals surface area (Å²) < 4.78 is 50.5. The van der Waals surface area contributed by atoms with Gasteiger partial charge in [-0.25, -0.2) is 0 Å². The minimum absolute atomic E-state index is 0.454. The monoisotopic (exact) mass is 714 g/mol. The fourth-order valence-electron chi connectivity index (χ4n) is 6.26. The largest absolute Gasteiger partial charge is 0.485 e. The predicted octanol–water partition coefficient (Wildman–Crippen LogP) is 9.35. The highest BCUT2D eigenvalue weighted by molar-refractivity contribution is 7.30. The Morgan fingerprint density at radius 3 is 0.729 bits per heavy atom. The van der Waals surface area contributed by atoms with Crippen molar-refractivity contribution in [2.75, 3.05) is 52.9 Å². The second-order valence-corrected chi connectivity index (χ2v) is 15.3. The van der Waals surface area contributed by atoms with Crippen molar-refractivity contribution in [2.24, 2.45) is 0 Å². The summed E-state index contributed by atoms with van der Waals surface area (Å²) in [6.07, 6.45) is 0. The molecule has 10 rings (SSSR count). The van der Waals surface area contributed by atoms with Crippen LogP contribution < -0.4 is 37.9 Å². The minimum Gasteiger partial charge on any atom is -0.485 e. The van der Waals surface area contributed by atoms with E-state index in [0.29, 0.717) is 64.4 Å². The number of benzene rings is 2. The van der Waals surface area contributed by atoms with Crippen molar-refractivity contribution in [3.8, 4) is 96.1 Å². The molecule has 6 aromatic rings. The van der Waals surface area contributed by atoms with E-state index in [1.165, 1.54) is 0 Å². The molecule has 0 aliphatic carbocycles. The molecule has 0 spiro atoms. The Hall–Kier alpha value is -4.36. The Kier molecular flexibility index (Phi) is 6.95. The van der Waals surface area contributed by atoms with Crippen LogP contribution in [0.4, 0.5) is 0 Å². The molecule has 8 nitrogen and oxygen atoms in total. The van der Waals surface area contributed by atoms with Crippen LogP contribution in [0.2, 0.25) is 0 Å². The zero-order valence-corrected chi connectivity index (χ0v) is 28.6. The van der Waals surface area contributed by atoms with Gasteiger partial charge < -0.3 is 37.9 Å². The van der Waals surface area contributed by atoms with E-state index in [9.17, 15) is 0 Å². The highest BCUT2D eigenvalue weighted by atomic mass is 32.1. The van der Waals surface area contributed by atoms with Crippen LogP contribution in [0.25, 0.3) is 50.1 Å². The van der Waals surface area contributed by atoms with Crippen molar-refractivity contribution in [1.82, 2.24) is 0 Å². The topological polar surface area (TPSA) is 73.8 Å².